The Morgan fingerprint density at radius 2 is 2.57 bits per heavy atom. The first-order valence-electron chi connectivity index (χ1n) is 4.88. The summed E-state index contributed by atoms with van der Waals surface area (Å²) < 4.78 is 3.74. The van der Waals surface area contributed by atoms with Crippen molar-refractivity contribution < 1.29 is 4.79 Å². The molecule has 1 aliphatic rings. The highest BCUT2D eigenvalue weighted by molar-refractivity contribution is 7.03. The van der Waals surface area contributed by atoms with Crippen LogP contribution in [0.15, 0.2) is 5.38 Å². The summed E-state index contributed by atoms with van der Waals surface area (Å²) in [6.45, 7) is 0.964. The van der Waals surface area contributed by atoms with E-state index in [0.29, 0.717) is 6.42 Å². The Kier molecular flexibility index (Phi) is 3.21. The van der Waals surface area contributed by atoms with Crippen LogP contribution in [-0.2, 0) is 11.2 Å². The van der Waals surface area contributed by atoms with Crippen LogP contribution in [-0.4, -0.2) is 28.0 Å². The van der Waals surface area contributed by atoms with Gasteiger partial charge in [0.15, 0.2) is 5.78 Å². The van der Waals surface area contributed by atoms with E-state index in [2.05, 4.69) is 14.9 Å². The van der Waals surface area contributed by atoms with Gasteiger partial charge in [-0.15, -0.1) is 5.10 Å². The Labute approximate surface area is 86.9 Å². The fourth-order valence-corrected chi connectivity index (χ4v) is 2.14. The van der Waals surface area contributed by atoms with Crippen molar-refractivity contribution in [2.75, 3.05) is 6.54 Å². The average molecular weight is 211 g/mol. The van der Waals surface area contributed by atoms with Crippen LogP contribution in [0.2, 0.25) is 0 Å². The maximum absolute atomic E-state index is 11.7. The Hall–Kier alpha value is -0.810. The zero-order chi connectivity index (χ0) is 9.80. The summed E-state index contributed by atoms with van der Waals surface area (Å²) >= 11 is 1.29. The molecule has 1 fully saturated rings. The summed E-state index contributed by atoms with van der Waals surface area (Å²) in [5.41, 5.74) is 0.798. The minimum absolute atomic E-state index is 0.0467. The molecule has 1 aromatic heterocycles. The van der Waals surface area contributed by atoms with Crippen molar-refractivity contribution in [3.63, 3.8) is 0 Å². The summed E-state index contributed by atoms with van der Waals surface area (Å²) in [6, 6.07) is 0.0467. The number of piperidine rings is 1. The van der Waals surface area contributed by atoms with E-state index < -0.39 is 0 Å². The van der Waals surface area contributed by atoms with Gasteiger partial charge in [0, 0.05) is 5.38 Å². The molecule has 1 aromatic rings. The Balaban J connectivity index is 1.88. The highest BCUT2D eigenvalue weighted by atomic mass is 32.1. The molecule has 4 nitrogen and oxygen atoms in total. The van der Waals surface area contributed by atoms with E-state index in [-0.39, 0.29) is 11.8 Å². The quantitative estimate of drug-likeness (QED) is 0.803. The molecule has 0 aliphatic carbocycles. The Morgan fingerprint density at radius 1 is 1.64 bits per heavy atom. The summed E-state index contributed by atoms with van der Waals surface area (Å²) in [6.07, 6.45) is 3.73. The number of hydrogen-bond acceptors (Lipinski definition) is 5. The second-order valence-corrected chi connectivity index (χ2v) is 4.15. The topological polar surface area (TPSA) is 54.9 Å². The van der Waals surface area contributed by atoms with Crippen LogP contribution >= 0.6 is 11.5 Å². The summed E-state index contributed by atoms with van der Waals surface area (Å²) in [7, 11) is 0. The van der Waals surface area contributed by atoms with Crippen LogP contribution in [0.3, 0.4) is 0 Å². The van der Waals surface area contributed by atoms with Crippen LogP contribution in [0, 0.1) is 0 Å². The van der Waals surface area contributed by atoms with Crippen LogP contribution in [0.1, 0.15) is 25.0 Å². The third kappa shape index (κ3) is 2.36. The van der Waals surface area contributed by atoms with E-state index in [9.17, 15) is 4.79 Å². The van der Waals surface area contributed by atoms with Gasteiger partial charge in [-0.3, -0.25) is 4.79 Å². The van der Waals surface area contributed by atoms with Crippen LogP contribution in [0.4, 0.5) is 0 Å². The lowest BCUT2D eigenvalue weighted by Crippen LogP contribution is -2.41. The first-order chi connectivity index (χ1) is 6.86. The highest BCUT2D eigenvalue weighted by Gasteiger charge is 2.20. The first kappa shape index (κ1) is 9.73. The van der Waals surface area contributed by atoms with E-state index in [1.165, 1.54) is 18.0 Å². The van der Waals surface area contributed by atoms with E-state index in [1.807, 2.05) is 5.38 Å². The van der Waals surface area contributed by atoms with Crippen LogP contribution in [0.25, 0.3) is 0 Å². The van der Waals surface area contributed by atoms with Gasteiger partial charge in [-0.2, -0.15) is 0 Å². The number of nitrogens with zero attached hydrogens (tertiary/aromatic N) is 2. The molecule has 2 heterocycles. The number of hydrogen-bond donors (Lipinski definition) is 1. The fourth-order valence-electron chi connectivity index (χ4n) is 1.69. The largest absolute Gasteiger partial charge is 0.307 e. The van der Waals surface area contributed by atoms with Crippen molar-refractivity contribution in [1.82, 2.24) is 14.9 Å². The van der Waals surface area contributed by atoms with Gasteiger partial charge in [0.05, 0.1) is 18.2 Å². The molecule has 76 valence electrons. The fraction of sp³-hybridized carbons (Fsp3) is 0.667. The number of nitrogens with one attached hydrogen (secondary N) is 1. The molecule has 0 aromatic carbocycles. The Bertz CT molecular complexity index is 293. The summed E-state index contributed by atoms with van der Waals surface area (Å²) in [5, 5.41) is 8.94. The van der Waals surface area contributed by atoms with Gasteiger partial charge < -0.3 is 5.32 Å². The zero-order valence-electron chi connectivity index (χ0n) is 7.90. The predicted molar refractivity (Wildman–Crippen MR) is 54.3 cm³/mol. The molecule has 1 saturated heterocycles. The smallest absolute Gasteiger partial charge is 0.155 e. The van der Waals surface area contributed by atoms with Gasteiger partial charge in [-0.25, -0.2) is 0 Å². The van der Waals surface area contributed by atoms with Crippen LogP contribution in [0.5, 0.6) is 0 Å². The number of Topliss-reactive ketones (excluding diaryl/α,β-unsaturated/α-hetero) is 1. The summed E-state index contributed by atoms with van der Waals surface area (Å²) in [4.78, 5) is 11.7. The third-order valence-electron chi connectivity index (χ3n) is 2.46. The highest BCUT2D eigenvalue weighted by Crippen LogP contribution is 2.10. The molecule has 0 spiro atoms. The molecule has 0 amide bonds. The second kappa shape index (κ2) is 4.61. The van der Waals surface area contributed by atoms with Gasteiger partial charge in [-0.1, -0.05) is 10.9 Å². The maximum atomic E-state index is 11.7. The molecule has 0 saturated carbocycles. The lowest BCUT2D eigenvalue weighted by atomic mass is 9.99. The number of aromatic nitrogens is 2. The van der Waals surface area contributed by atoms with E-state index in [4.69, 9.17) is 0 Å². The molecular weight excluding hydrogens is 198 g/mol. The van der Waals surface area contributed by atoms with Crippen molar-refractivity contribution in [3.05, 3.63) is 11.1 Å². The number of ketones is 1. The molecule has 5 heteroatoms. The molecule has 1 aliphatic heterocycles. The maximum Gasteiger partial charge on any atom is 0.155 e. The van der Waals surface area contributed by atoms with Gasteiger partial charge in [-0.05, 0) is 30.9 Å². The third-order valence-corrected chi connectivity index (χ3v) is 3.01. The van der Waals surface area contributed by atoms with Crippen LogP contribution < -0.4 is 5.32 Å². The van der Waals surface area contributed by atoms with E-state index in [1.54, 1.807) is 0 Å². The zero-order valence-corrected chi connectivity index (χ0v) is 8.72. The van der Waals surface area contributed by atoms with Crippen molar-refractivity contribution in [2.45, 2.75) is 31.7 Å². The molecule has 1 atom stereocenters. The second-order valence-electron chi connectivity index (χ2n) is 3.54. The van der Waals surface area contributed by atoms with Crippen molar-refractivity contribution >= 4 is 17.3 Å². The van der Waals surface area contributed by atoms with Gasteiger partial charge >= 0.3 is 0 Å². The molecule has 1 N–H and O–H groups in total. The van der Waals surface area contributed by atoms with E-state index in [0.717, 1.165) is 25.1 Å². The molecule has 14 heavy (non-hydrogen) atoms. The molecule has 0 radical (unpaired) electrons. The lowest BCUT2D eigenvalue weighted by Gasteiger charge is -2.21. The van der Waals surface area contributed by atoms with Crippen molar-refractivity contribution in [1.29, 1.82) is 0 Å². The number of rotatable bonds is 3. The van der Waals surface area contributed by atoms with Gasteiger partial charge in [0.2, 0.25) is 0 Å². The van der Waals surface area contributed by atoms with Crippen molar-refractivity contribution in [2.24, 2.45) is 0 Å². The monoisotopic (exact) mass is 211 g/mol. The minimum atomic E-state index is 0.0467. The summed E-state index contributed by atoms with van der Waals surface area (Å²) in [5.74, 6) is 0.248. The minimum Gasteiger partial charge on any atom is -0.307 e. The number of carbonyl (C=O) groups excluding carboxylic acids is 1. The Morgan fingerprint density at radius 3 is 3.21 bits per heavy atom. The molecule has 2 rings (SSSR count). The molecule has 0 bridgehead atoms. The molecular formula is C9H13N3OS. The SMILES string of the molecule is O=C(Cc1csnn1)C1CCCCN1. The average Bonchev–Trinajstić information content (AvgIpc) is 2.72. The lowest BCUT2D eigenvalue weighted by molar-refractivity contribution is -0.121. The number of carbonyl (C=O) groups is 1. The van der Waals surface area contributed by atoms with Gasteiger partial charge in [0.1, 0.15) is 0 Å². The normalized spacial score (nSPS) is 22.1. The van der Waals surface area contributed by atoms with Crippen molar-refractivity contribution in [3.8, 4) is 0 Å². The predicted octanol–water partition coefficient (Wildman–Crippen LogP) is 0.792. The van der Waals surface area contributed by atoms with E-state index >= 15 is 0 Å². The molecule has 1 unspecified atom stereocenters. The first-order valence-corrected chi connectivity index (χ1v) is 5.72. The standard InChI is InChI=1S/C9H13N3OS/c13-9(5-7-6-14-12-11-7)8-3-1-2-4-10-8/h6,8,10H,1-5H2. The van der Waals surface area contributed by atoms with Gasteiger partial charge in [0.25, 0.3) is 0 Å².